The largest absolute Gasteiger partial charge is 0.497 e. The summed E-state index contributed by atoms with van der Waals surface area (Å²) in [5, 5.41) is 2.83. The van der Waals surface area contributed by atoms with Crippen molar-refractivity contribution in [1.29, 1.82) is 0 Å². The van der Waals surface area contributed by atoms with Crippen LogP contribution in [0.2, 0.25) is 0 Å². The van der Waals surface area contributed by atoms with Crippen molar-refractivity contribution in [2.45, 2.75) is 32.1 Å². The summed E-state index contributed by atoms with van der Waals surface area (Å²) in [5.41, 5.74) is 0.272. The molecule has 1 saturated heterocycles. The molecule has 1 heterocycles. The van der Waals surface area contributed by atoms with E-state index in [9.17, 15) is 13.2 Å². The monoisotopic (exact) mass is 427 g/mol. The lowest BCUT2D eigenvalue weighted by molar-refractivity contribution is -0.119. The third-order valence-electron chi connectivity index (χ3n) is 5.01. The maximum Gasteiger partial charge on any atom is 0.240 e. The summed E-state index contributed by atoms with van der Waals surface area (Å²) in [7, 11) is -0.747. The van der Waals surface area contributed by atoms with Gasteiger partial charge in [-0.15, -0.1) is 0 Å². The number of ether oxygens (including phenoxy) is 2. The highest BCUT2D eigenvalue weighted by atomic mass is 32.2. The molecule has 1 N–H and O–H groups in total. The average molecular weight is 428 g/mol. The Morgan fingerprint density at radius 1 is 1.14 bits per heavy atom. The second kappa shape index (κ2) is 11.3. The Labute approximate surface area is 174 Å². The third-order valence-corrected chi connectivity index (χ3v) is 6.14. The number of sulfonamides is 1. The molecule has 1 aliphatic heterocycles. The minimum absolute atomic E-state index is 0.272. The van der Waals surface area contributed by atoms with Crippen molar-refractivity contribution in [3.8, 4) is 11.5 Å². The molecule has 1 amide bonds. The zero-order chi connectivity index (χ0) is 21.3. The van der Waals surface area contributed by atoms with Crippen LogP contribution in [0, 0.1) is 0 Å². The van der Waals surface area contributed by atoms with E-state index in [1.165, 1.54) is 39.9 Å². The number of hydrogen-bond donors (Lipinski definition) is 1. The van der Waals surface area contributed by atoms with Gasteiger partial charge in [-0.3, -0.25) is 9.10 Å². The highest BCUT2D eigenvalue weighted by Gasteiger charge is 2.24. The van der Waals surface area contributed by atoms with Gasteiger partial charge in [0.1, 0.15) is 18.0 Å². The molecule has 0 spiro atoms. The van der Waals surface area contributed by atoms with E-state index in [2.05, 4.69) is 10.2 Å². The fourth-order valence-electron chi connectivity index (χ4n) is 3.45. The topological polar surface area (TPSA) is 88.2 Å². The summed E-state index contributed by atoms with van der Waals surface area (Å²) in [6, 6.07) is 4.84. The molecule has 0 saturated carbocycles. The summed E-state index contributed by atoms with van der Waals surface area (Å²) < 4.78 is 36.2. The van der Waals surface area contributed by atoms with Gasteiger partial charge in [-0.2, -0.15) is 0 Å². The van der Waals surface area contributed by atoms with Gasteiger partial charge in [-0.25, -0.2) is 8.42 Å². The van der Waals surface area contributed by atoms with Crippen molar-refractivity contribution in [3.05, 3.63) is 18.2 Å². The second-order valence-electron chi connectivity index (χ2n) is 7.27. The number of anilines is 1. The van der Waals surface area contributed by atoms with E-state index in [1.54, 1.807) is 18.2 Å². The zero-order valence-electron chi connectivity index (χ0n) is 17.6. The first-order chi connectivity index (χ1) is 13.8. The number of carbonyl (C=O) groups is 1. The lowest BCUT2D eigenvalue weighted by Crippen LogP contribution is -2.41. The lowest BCUT2D eigenvalue weighted by atomic mass is 10.2. The van der Waals surface area contributed by atoms with Crippen LogP contribution < -0.4 is 19.1 Å². The quantitative estimate of drug-likeness (QED) is 0.574. The van der Waals surface area contributed by atoms with Crippen LogP contribution >= 0.6 is 0 Å². The molecule has 1 aromatic rings. The minimum atomic E-state index is -3.69. The first-order valence-electron chi connectivity index (χ1n) is 10.0. The Hall–Kier alpha value is -2.00. The smallest absolute Gasteiger partial charge is 0.240 e. The van der Waals surface area contributed by atoms with E-state index < -0.39 is 10.0 Å². The molecule has 0 unspecified atom stereocenters. The third kappa shape index (κ3) is 7.40. The number of benzene rings is 1. The van der Waals surface area contributed by atoms with Crippen molar-refractivity contribution in [2.75, 3.05) is 57.5 Å². The van der Waals surface area contributed by atoms with Crippen LogP contribution in [0.5, 0.6) is 11.5 Å². The predicted molar refractivity (Wildman–Crippen MR) is 114 cm³/mol. The Kier molecular flexibility index (Phi) is 9.03. The van der Waals surface area contributed by atoms with Crippen LogP contribution in [0.3, 0.4) is 0 Å². The fraction of sp³-hybridized carbons (Fsp3) is 0.650. The molecule has 29 heavy (non-hydrogen) atoms. The van der Waals surface area contributed by atoms with Crippen LogP contribution in [0.4, 0.5) is 5.69 Å². The Balaban J connectivity index is 1.95. The molecular weight excluding hydrogens is 394 g/mol. The molecule has 2 rings (SSSR count). The number of methoxy groups -OCH3 is 2. The van der Waals surface area contributed by atoms with Gasteiger partial charge in [0.25, 0.3) is 0 Å². The van der Waals surface area contributed by atoms with E-state index in [0.29, 0.717) is 18.0 Å². The maximum absolute atomic E-state index is 12.4. The van der Waals surface area contributed by atoms with Crippen molar-refractivity contribution in [3.63, 3.8) is 0 Å². The minimum Gasteiger partial charge on any atom is -0.497 e. The summed E-state index contributed by atoms with van der Waals surface area (Å²) >= 11 is 0. The number of likely N-dealkylation sites (tertiary alicyclic amines) is 1. The number of amides is 1. The Morgan fingerprint density at radius 2 is 1.83 bits per heavy atom. The van der Waals surface area contributed by atoms with E-state index in [4.69, 9.17) is 9.47 Å². The van der Waals surface area contributed by atoms with E-state index in [-0.39, 0.29) is 18.1 Å². The average Bonchev–Trinajstić information content (AvgIpc) is 2.97. The van der Waals surface area contributed by atoms with Gasteiger partial charge >= 0.3 is 0 Å². The van der Waals surface area contributed by atoms with Crippen molar-refractivity contribution in [2.24, 2.45) is 0 Å². The molecule has 8 nitrogen and oxygen atoms in total. The number of rotatable bonds is 10. The molecule has 0 atom stereocenters. The molecule has 9 heteroatoms. The Bertz CT molecular complexity index is 761. The Morgan fingerprint density at radius 3 is 2.41 bits per heavy atom. The maximum atomic E-state index is 12.4. The summed E-state index contributed by atoms with van der Waals surface area (Å²) in [6.07, 6.45) is 6.96. The zero-order valence-corrected chi connectivity index (χ0v) is 18.5. The fourth-order valence-corrected chi connectivity index (χ4v) is 4.30. The predicted octanol–water partition coefficient (Wildman–Crippen LogP) is 1.85. The van der Waals surface area contributed by atoms with Crippen LogP contribution in [-0.4, -0.2) is 72.4 Å². The van der Waals surface area contributed by atoms with Crippen molar-refractivity contribution in [1.82, 2.24) is 10.2 Å². The van der Waals surface area contributed by atoms with Gasteiger partial charge in [0, 0.05) is 12.6 Å². The molecule has 1 aliphatic rings. The highest BCUT2D eigenvalue weighted by molar-refractivity contribution is 7.92. The lowest BCUT2D eigenvalue weighted by Gasteiger charge is -2.24. The van der Waals surface area contributed by atoms with Crippen LogP contribution in [0.15, 0.2) is 18.2 Å². The molecule has 0 aliphatic carbocycles. The first-order valence-corrected chi connectivity index (χ1v) is 11.9. The molecule has 0 radical (unpaired) electrons. The highest BCUT2D eigenvalue weighted by Crippen LogP contribution is 2.33. The summed E-state index contributed by atoms with van der Waals surface area (Å²) in [6.45, 7) is 3.38. The van der Waals surface area contributed by atoms with E-state index in [0.717, 1.165) is 36.6 Å². The molecule has 1 aromatic carbocycles. The number of hydrogen-bond acceptors (Lipinski definition) is 6. The molecule has 1 fully saturated rings. The molecular formula is C20H33N3O5S. The molecule has 0 bridgehead atoms. The van der Waals surface area contributed by atoms with Crippen molar-refractivity contribution >= 4 is 21.6 Å². The molecule has 0 aromatic heterocycles. The first kappa shape index (κ1) is 23.3. The van der Waals surface area contributed by atoms with Gasteiger partial charge < -0.3 is 19.7 Å². The SMILES string of the molecule is COc1ccc(OC)c(N(CC(=O)NCCCN2CCCCCC2)S(C)(=O)=O)c1. The number of nitrogens with one attached hydrogen (secondary N) is 1. The molecule has 164 valence electrons. The van der Waals surface area contributed by atoms with Crippen molar-refractivity contribution < 1.29 is 22.7 Å². The van der Waals surface area contributed by atoms with Gasteiger partial charge in [0.05, 0.1) is 26.2 Å². The van der Waals surface area contributed by atoms with Crippen LogP contribution in [-0.2, 0) is 14.8 Å². The van der Waals surface area contributed by atoms with Crippen LogP contribution in [0.25, 0.3) is 0 Å². The van der Waals surface area contributed by atoms with Crippen LogP contribution in [0.1, 0.15) is 32.1 Å². The number of nitrogens with zero attached hydrogens (tertiary/aromatic N) is 2. The normalized spacial score (nSPS) is 15.4. The van der Waals surface area contributed by atoms with Gasteiger partial charge in [0.2, 0.25) is 15.9 Å². The summed E-state index contributed by atoms with van der Waals surface area (Å²) in [4.78, 5) is 14.9. The van der Waals surface area contributed by atoms with E-state index in [1.807, 2.05) is 0 Å². The van der Waals surface area contributed by atoms with E-state index >= 15 is 0 Å². The standard InChI is InChI=1S/C20H33N3O5S/c1-27-17-9-10-19(28-2)18(15-17)23(29(3,25)26)16-20(24)21-11-8-14-22-12-6-4-5-7-13-22/h9-10,15H,4-8,11-14,16H2,1-3H3,(H,21,24). The van der Waals surface area contributed by atoms with Gasteiger partial charge in [0.15, 0.2) is 0 Å². The van der Waals surface area contributed by atoms with Gasteiger partial charge in [-0.1, -0.05) is 12.8 Å². The summed E-state index contributed by atoms with van der Waals surface area (Å²) in [5.74, 6) is 0.480. The second-order valence-corrected chi connectivity index (χ2v) is 9.17. The van der Waals surface area contributed by atoms with Gasteiger partial charge in [-0.05, 0) is 51.0 Å². The number of carbonyl (C=O) groups excluding carboxylic acids is 1.